The lowest BCUT2D eigenvalue weighted by Gasteiger charge is -2.26. The number of carbonyl (C=O) groups is 1. The molecule has 0 saturated carbocycles. The average Bonchev–Trinajstić information content (AvgIpc) is 3.59. The Morgan fingerprint density at radius 2 is 2.00 bits per heavy atom. The topological polar surface area (TPSA) is 98.1 Å². The van der Waals surface area contributed by atoms with Gasteiger partial charge in [0.05, 0.1) is 19.0 Å². The SMILES string of the molecule is Cc1ccc(-n2c(SCc3nc(C(=O)NCCCN4CCOCC4)cs3)nnc2-c2cccnc2)cc1. The molecule has 9 nitrogen and oxygen atoms in total. The molecule has 3 aromatic heterocycles. The van der Waals surface area contributed by atoms with Crippen molar-refractivity contribution in [1.82, 2.24) is 34.9 Å². The largest absolute Gasteiger partial charge is 0.379 e. The van der Waals surface area contributed by atoms with Crippen molar-refractivity contribution in [3.63, 3.8) is 0 Å². The first kappa shape index (κ1) is 25.5. The van der Waals surface area contributed by atoms with Crippen LogP contribution in [0.3, 0.4) is 0 Å². The van der Waals surface area contributed by atoms with Gasteiger partial charge in [-0.3, -0.25) is 19.2 Å². The van der Waals surface area contributed by atoms with Gasteiger partial charge in [-0.25, -0.2) is 4.98 Å². The van der Waals surface area contributed by atoms with E-state index in [1.807, 2.05) is 22.1 Å². The lowest BCUT2D eigenvalue weighted by atomic mass is 10.2. The molecule has 5 rings (SSSR count). The van der Waals surface area contributed by atoms with Crippen LogP contribution in [0.1, 0.15) is 27.5 Å². The predicted octanol–water partition coefficient (Wildman–Crippen LogP) is 3.84. The smallest absolute Gasteiger partial charge is 0.270 e. The number of hydrogen-bond donors (Lipinski definition) is 1. The van der Waals surface area contributed by atoms with E-state index in [0.717, 1.165) is 66.5 Å². The van der Waals surface area contributed by atoms with Gasteiger partial charge in [0.25, 0.3) is 5.91 Å². The highest BCUT2D eigenvalue weighted by Crippen LogP contribution is 2.30. The van der Waals surface area contributed by atoms with E-state index in [0.29, 0.717) is 18.0 Å². The maximum absolute atomic E-state index is 12.6. The summed E-state index contributed by atoms with van der Waals surface area (Å²) in [4.78, 5) is 23.7. The van der Waals surface area contributed by atoms with Gasteiger partial charge in [-0.2, -0.15) is 0 Å². The summed E-state index contributed by atoms with van der Waals surface area (Å²) in [5, 5.41) is 15.4. The van der Waals surface area contributed by atoms with Crippen LogP contribution >= 0.6 is 23.1 Å². The van der Waals surface area contributed by atoms with Crippen LogP contribution in [0.15, 0.2) is 59.3 Å². The maximum atomic E-state index is 12.6. The Labute approximate surface area is 224 Å². The molecule has 192 valence electrons. The lowest BCUT2D eigenvalue weighted by molar-refractivity contribution is 0.0374. The average molecular weight is 536 g/mol. The summed E-state index contributed by atoms with van der Waals surface area (Å²) in [5.41, 5.74) is 3.52. The highest BCUT2D eigenvalue weighted by atomic mass is 32.2. The lowest BCUT2D eigenvalue weighted by Crippen LogP contribution is -2.38. The number of aromatic nitrogens is 5. The van der Waals surface area contributed by atoms with E-state index in [-0.39, 0.29) is 5.91 Å². The fraction of sp³-hybridized carbons (Fsp3) is 0.346. The molecule has 0 unspecified atom stereocenters. The van der Waals surface area contributed by atoms with Gasteiger partial charge in [-0.05, 0) is 44.2 Å². The molecule has 0 radical (unpaired) electrons. The minimum Gasteiger partial charge on any atom is -0.379 e. The van der Waals surface area contributed by atoms with Crippen LogP contribution in [0.25, 0.3) is 17.1 Å². The molecule has 0 aliphatic carbocycles. The van der Waals surface area contributed by atoms with E-state index in [2.05, 4.69) is 61.6 Å². The standard InChI is InChI=1S/C26H29N7O2S2/c1-19-5-7-21(8-6-19)33-24(20-4-2-9-27-16-20)30-31-26(33)37-18-23-29-22(17-36-23)25(34)28-10-3-11-32-12-14-35-15-13-32/h2,4-9,16-17H,3,10-15,18H2,1H3,(H,28,34). The van der Waals surface area contributed by atoms with E-state index in [4.69, 9.17) is 4.74 Å². The second kappa shape index (κ2) is 12.4. The second-order valence-electron chi connectivity index (χ2n) is 8.70. The van der Waals surface area contributed by atoms with Crippen LogP contribution in [0.5, 0.6) is 0 Å². The Morgan fingerprint density at radius 1 is 1.16 bits per heavy atom. The van der Waals surface area contributed by atoms with Gasteiger partial charge in [0.2, 0.25) is 0 Å². The Balaban J connectivity index is 1.21. The first-order chi connectivity index (χ1) is 18.2. The minimum atomic E-state index is -0.129. The Kier molecular flexibility index (Phi) is 8.57. The van der Waals surface area contributed by atoms with Gasteiger partial charge < -0.3 is 10.1 Å². The number of pyridine rings is 1. The van der Waals surface area contributed by atoms with Crippen molar-refractivity contribution in [2.75, 3.05) is 39.4 Å². The maximum Gasteiger partial charge on any atom is 0.270 e. The number of amides is 1. The normalized spacial score (nSPS) is 14.1. The van der Waals surface area contributed by atoms with Crippen LogP contribution in [0.2, 0.25) is 0 Å². The fourth-order valence-corrected chi connectivity index (χ4v) is 5.74. The van der Waals surface area contributed by atoms with Crippen LogP contribution in [-0.4, -0.2) is 74.9 Å². The molecule has 11 heteroatoms. The summed E-state index contributed by atoms with van der Waals surface area (Å²) >= 11 is 3.03. The summed E-state index contributed by atoms with van der Waals surface area (Å²) in [7, 11) is 0. The number of benzene rings is 1. The van der Waals surface area contributed by atoms with E-state index >= 15 is 0 Å². The molecule has 4 heterocycles. The van der Waals surface area contributed by atoms with E-state index < -0.39 is 0 Å². The van der Waals surface area contributed by atoms with Crippen molar-refractivity contribution in [1.29, 1.82) is 0 Å². The third kappa shape index (κ3) is 6.61. The van der Waals surface area contributed by atoms with Gasteiger partial charge in [-0.15, -0.1) is 21.5 Å². The molecular weight excluding hydrogens is 506 g/mol. The number of nitrogens with one attached hydrogen (secondary N) is 1. The highest BCUT2D eigenvalue weighted by molar-refractivity contribution is 7.98. The molecule has 0 spiro atoms. The summed E-state index contributed by atoms with van der Waals surface area (Å²) in [5.74, 6) is 1.19. The monoisotopic (exact) mass is 535 g/mol. The van der Waals surface area contributed by atoms with Gasteiger partial charge in [0, 0.05) is 48.7 Å². The van der Waals surface area contributed by atoms with E-state index in [1.54, 1.807) is 24.2 Å². The summed E-state index contributed by atoms with van der Waals surface area (Å²) in [6.45, 7) is 7.16. The molecule has 1 aliphatic heterocycles. The number of morpholine rings is 1. The quantitative estimate of drug-likeness (QED) is 0.242. The number of thiazole rings is 1. The zero-order valence-electron chi connectivity index (χ0n) is 20.7. The molecule has 4 aromatic rings. The van der Waals surface area contributed by atoms with Crippen molar-refractivity contribution in [3.05, 3.63) is 70.4 Å². The minimum absolute atomic E-state index is 0.129. The molecule has 1 aromatic carbocycles. The molecule has 1 N–H and O–H groups in total. The molecule has 0 bridgehead atoms. The molecule has 1 amide bonds. The Hall–Kier alpha value is -3.12. The van der Waals surface area contributed by atoms with Crippen molar-refractivity contribution in [2.24, 2.45) is 0 Å². The van der Waals surface area contributed by atoms with Crippen molar-refractivity contribution in [2.45, 2.75) is 24.3 Å². The number of aryl methyl sites for hydroxylation is 1. The van der Waals surface area contributed by atoms with Crippen LogP contribution in [-0.2, 0) is 10.5 Å². The van der Waals surface area contributed by atoms with Crippen LogP contribution in [0.4, 0.5) is 0 Å². The zero-order chi connectivity index (χ0) is 25.5. The molecule has 37 heavy (non-hydrogen) atoms. The Bertz CT molecular complexity index is 1300. The fourth-order valence-electron chi connectivity index (χ4n) is 4.00. The molecule has 1 saturated heterocycles. The molecule has 1 fully saturated rings. The van der Waals surface area contributed by atoms with Gasteiger partial charge >= 0.3 is 0 Å². The summed E-state index contributed by atoms with van der Waals surface area (Å²) < 4.78 is 7.41. The molecular formula is C26H29N7O2S2. The zero-order valence-corrected chi connectivity index (χ0v) is 22.3. The number of rotatable bonds is 10. The first-order valence-electron chi connectivity index (χ1n) is 12.3. The van der Waals surface area contributed by atoms with Crippen molar-refractivity contribution >= 4 is 29.0 Å². The van der Waals surface area contributed by atoms with Crippen LogP contribution < -0.4 is 5.32 Å². The highest BCUT2D eigenvalue weighted by Gasteiger charge is 2.18. The number of thioether (sulfide) groups is 1. The molecule has 1 aliphatic rings. The number of hydrogen-bond acceptors (Lipinski definition) is 9. The van der Waals surface area contributed by atoms with Gasteiger partial charge in [0.1, 0.15) is 10.7 Å². The van der Waals surface area contributed by atoms with Gasteiger partial charge in [0.15, 0.2) is 11.0 Å². The summed E-state index contributed by atoms with van der Waals surface area (Å²) in [6, 6.07) is 12.1. The van der Waals surface area contributed by atoms with E-state index in [9.17, 15) is 4.79 Å². The number of ether oxygens (including phenoxy) is 1. The second-order valence-corrected chi connectivity index (χ2v) is 10.6. The number of nitrogens with zero attached hydrogens (tertiary/aromatic N) is 6. The number of carbonyl (C=O) groups excluding carboxylic acids is 1. The molecule has 0 atom stereocenters. The first-order valence-corrected chi connectivity index (χ1v) is 14.1. The third-order valence-corrected chi connectivity index (χ3v) is 7.97. The van der Waals surface area contributed by atoms with Crippen molar-refractivity contribution in [3.8, 4) is 17.1 Å². The van der Waals surface area contributed by atoms with Gasteiger partial charge in [-0.1, -0.05) is 29.5 Å². The predicted molar refractivity (Wildman–Crippen MR) is 145 cm³/mol. The Morgan fingerprint density at radius 3 is 2.78 bits per heavy atom. The third-order valence-electron chi connectivity index (χ3n) is 5.99. The van der Waals surface area contributed by atoms with E-state index in [1.165, 1.54) is 16.9 Å². The summed E-state index contributed by atoms with van der Waals surface area (Å²) in [6.07, 6.45) is 4.44. The van der Waals surface area contributed by atoms with Crippen LogP contribution in [0, 0.1) is 6.92 Å². The van der Waals surface area contributed by atoms with Crippen molar-refractivity contribution < 1.29 is 9.53 Å².